The summed E-state index contributed by atoms with van der Waals surface area (Å²) in [6.07, 6.45) is 2.85. The SMILES string of the molecule is Oc1ccc(C=C2c3ccccc3NC2O)c2cccnc12. The van der Waals surface area contributed by atoms with Crippen molar-refractivity contribution >= 4 is 28.2 Å². The van der Waals surface area contributed by atoms with Crippen molar-refractivity contribution in [3.63, 3.8) is 0 Å². The van der Waals surface area contributed by atoms with Crippen molar-refractivity contribution in [2.75, 3.05) is 5.32 Å². The lowest BCUT2D eigenvalue weighted by atomic mass is 10.0. The Balaban J connectivity index is 1.92. The summed E-state index contributed by atoms with van der Waals surface area (Å²) in [5, 5.41) is 24.1. The van der Waals surface area contributed by atoms with Gasteiger partial charge in [-0.25, -0.2) is 0 Å². The van der Waals surface area contributed by atoms with E-state index in [2.05, 4.69) is 10.3 Å². The first-order valence-corrected chi connectivity index (χ1v) is 7.06. The molecular formula is C18H14N2O2. The van der Waals surface area contributed by atoms with Crippen LogP contribution >= 0.6 is 0 Å². The molecule has 0 saturated carbocycles. The van der Waals surface area contributed by atoms with Gasteiger partial charge < -0.3 is 15.5 Å². The van der Waals surface area contributed by atoms with Crippen molar-refractivity contribution in [2.45, 2.75) is 6.23 Å². The maximum Gasteiger partial charge on any atom is 0.151 e. The van der Waals surface area contributed by atoms with Crippen molar-refractivity contribution in [2.24, 2.45) is 0 Å². The standard InChI is InChI=1S/C18H14N2O2/c21-16-8-7-11(12-5-3-9-19-17(12)16)10-14-13-4-1-2-6-15(13)20-18(14)22/h1-10,18,20-22H. The smallest absolute Gasteiger partial charge is 0.151 e. The molecule has 4 nitrogen and oxygen atoms in total. The predicted molar refractivity (Wildman–Crippen MR) is 87.4 cm³/mol. The van der Waals surface area contributed by atoms with Gasteiger partial charge in [0.2, 0.25) is 0 Å². The van der Waals surface area contributed by atoms with Crippen LogP contribution in [0.2, 0.25) is 0 Å². The monoisotopic (exact) mass is 290 g/mol. The number of pyridine rings is 1. The molecule has 0 saturated heterocycles. The van der Waals surface area contributed by atoms with Crippen LogP contribution in [-0.2, 0) is 0 Å². The maximum atomic E-state index is 10.3. The summed E-state index contributed by atoms with van der Waals surface area (Å²) in [4.78, 5) is 4.22. The van der Waals surface area contributed by atoms with E-state index in [9.17, 15) is 10.2 Å². The van der Waals surface area contributed by atoms with Gasteiger partial charge in [-0.15, -0.1) is 0 Å². The number of nitrogens with zero attached hydrogens (tertiary/aromatic N) is 1. The van der Waals surface area contributed by atoms with Gasteiger partial charge in [-0.2, -0.15) is 0 Å². The van der Waals surface area contributed by atoms with Crippen LogP contribution in [0.4, 0.5) is 5.69 Å². The topological polar surface area (TPSA) is 65.4 Å². The lowest BCUT2D eigenvalue weighted by Crippen LogP contribution is -2.12. The summed E-state index contributed by atoms with van der Waals surface area (Å²) in [6, 6.07) is 15.0. The fourth-order valence-electron chi connectivity index (χ4n) is 2.86. The Morgan fingerprint density at radius 3 is 2.82 bits per heavy atom. The second-order valence-corrected chi connectivity index (χ2v) is 5.27. The van der Waals surface area contributed by atoms with Crippen LogP contribution in [0.1, 0.15) is 11.1 Å². The number of aromatic hydroxyl groups is 1. The number of aromatic nitrogens is 1. The minimum atomic E-state index is -0.738. The van der Waals surface area contributed by atoms with Crippen LogP contribution < -0.4 is 5.32 Å². The average molecular weight is 290 g/mol. The fraction of sp³-hybridized carbons (Fsp3) is 0.0556. The highest BCUT2D eigenvalue weighted by molar-refractivity contribution is 6.00. The zero-order valence-electron chi connectivity index (χ0n) is 11.7. The molecule has 1 unspecified atom stereocenters. The van der Waals surface area contributed by atoms with E-state index >= 15 is 0 Å². The van der Waals surface area contributed by atoms with Crippen LogP contribution in [0.25, 0.3) is 22.6 Å². The molecule has 108 valence electrons. The summed E-state index contributed by atoms with van der Waals surface area (Å²) in [5.74, 6) is 0.156. The molecule has 0 fully saturated rings. The molecule has 1 aromatic heterocycles. The molecule has 1 aliphatic rings. The number of phenols is 1. The van der Waals surface area contributed by atoms with Crippen molar-refractivity contribution in [1.82, 2.24) is 4.98 Å². The zero-order chi connectivity index (χ0) is 15.1. The number of hydrogen-bond acceptors (Lipinski definition) is 4. The zero-order valence-corrected chi connectivity index (χ0v) is 11.7. The minimum absolute atomic E-state index is 0.156. The molecule has 0 aliphatic carbocycles. The van der Waals surface area contributed by atoms with Gasteiger partial charge in [0.1, 0.15) is 11.3 Å². The van der Waals surface area contributed by atoms with Gasteiger partial charge in [0, 0.05) is 28.4 Å². The van der Waals surface area contributed by atoms with Crippen LogP contribution in [-0.4, -0.2) is 21.4 Å². The van der Waals surface area contributed by atoms with Crippen LogP contribution in [0.5, 0.6) is 5.75 Å². The molecule has 3 aromatic rings. The van der Waals surface area contributed by atoms with Gasteiger partial charge in [0.05, 0.1) is 0 Å². The molecular weight excluding hydrogens is 276 g/mol. The molecule has 1 aliphatic heterocycles. The number of aliphatic hydroxyl groups excluding tert-OH is 1. The number of para-hydroxylation sites is 1. The first kappa shape index (κ1) is 12.9. The molecule has 0 spiro atoms. The molecule has 4 rings (SSSR count). The quantitative estimate of drug-likeness (QED) is 0.644. The maximum absolute atomic E-state index is 10.3. The van der Waals surface area contributed by atoms with Crippen LogP contribution in [0.3, 0.4) is 0 Å². The summed E-state index contributed by atoms with van der Waals surface area (Å²) >= 11 is 0. The molecule has 0 amide bonds. The highest BCUT2D eigenvalue weighted by Gasteiger charge is 2.23. The lowest BCUT2D eigenvalue weighted by Gasteiger charge is -2.08. The number of anilines is 1. The predicted octanol–water partition coefficient (Wildman–Crippen LogP) is 3.22. The van der Waals surface area contributed by atoms with Gasteiger partial charge in [0.25, 0.3) is 0 Å². The molecule has 22 heavy (non-hydrogen) atoms. The molecule has 2 heterocycles. The van der Waals surface area contributed by atoms with Crippen LogP contribution in [0.15, 0.2) is 54.7 Å². The van der Waals surface area contributed by atoms with E-state index in [-0.39, 0.29) is 5.75 Å². The summed E-state index contributed by atoms with van der Waals surface area (Å²) in [5.41, 5.74) is 4.19. The second kappa shape index (κ2) is 4.86. The minimum Gasteiger partial charge on any atom is -0.506 e. The normalized spacial score (nSPS) is 18.4. The van der Waals surface area contributed by atoms with E-state index < -0.39 is 6.23 Å². The van der Waals surface area contributed by atoms with Gasteiger partial charge in [0.15, 0.2) is 6.23 Å². The number of hydrogen-bond donors (Lipinski definition) is 3. The Kier molecular flexibility index (Phi) is 2.84. The number of rotatable bonds is 1. The molecule has 2 aromatic carbocycles. The molecule has 0 radical (unpaired) electrons. The Morgan fingerprint density at radius 1 is 1.05 bits per heavy atom. The third-order valence-corrected chi connectivity index (χ3v) is 3.92. The van der Waals surface area contributed by atoms with E-state index in [4.69, 9.17) is 0 Å². The van der Waals surface area contributed by atoms with Crippen LogP contribution in [0, 0.1) is 0 Å². The second-order valence-electron chi connectivity index (χ2n) is 5.27. The highest BCUT2D eigenvalue weighted by Crippen LogP contribution is 2.36. The fourth-order valence-corrected chi connectivity index (χ4v) is 2.86. The van der Waals surface area contributed by atoms with Gasteiger partial charge in [-0.05, 0) is 29.8 Å². The largest absolute Gasteiger partial charge is 0.506 e. The highest BCUT2D eigenvalue weighted by atomic mass is 16.3. The Bertz CT molecular complexity index is 902. The Hall–Kier alpha value is -2.85. The Labute approximate surface area is 127 Å². The van der Waals surface area contributed by atoms with E-state index in [1.807, 2.05) is 48.5 Å². The number of nitrogens with one attached hydrogen (secondary N) is 1. The third-order valence-electron chi connectivity index (χ3n) is 3.92. The average Bonchev–Trinajstić information content (AvgIpc) is 2.86. The first-order chi connectivity index (χ1) is 10.7. The van der Waals surface area contributed by atoms with E-state index in [1.54, 1.807) is 12.3 Å². The summed E-state index contributed by atoms with van der Waals surface area (Å²) < 4.78 is 0. The number of phenolic OH excluding ortho intramolecular Hbond substituents is 1. The third kappa shape index (κ3) is 1.93. The van der Waals surface area contributed by atoms with E-state index in [1.165, 1.54) is 0 Å². The number of benzene rings is 2. The lowest BCUT2D eigenvalue weighted by molar-refractivity contribution is 0.266. The van der Waals surface area contributed by atoms with Gasteiger partial charge in [-0.3, -0.25) is 4.98 Å². The first-order valence-electron chi connectivity index (χ1n) is 7.06. The number of fused-ring (bicyclic) bond motifs is 2. The van der Waals surface area contributed by atoms with E-state index in [0.717, 1.165) is 27.8 Å². The van der Waals surface area contributed by atoms with Gasteiger partial charge >= 0.3 is 0 Å². The molecule has 4 heteroatoms. The van der Waals surface area contributed by atoms with E-state index in [0.29, 0.717) is 5.52 Å². The summed E-state index contributed by atoms with van der Waals surface area (Å²) in [7, 11) is 0. The number of aliphatic hydroxyl groups is 1. The van der Waals surface area contributed by atoms with Crippen molar-refractivity contribution in [3.8, 4) is 5.75 Å². The molecule has 3 N–H and O–H groups in total. The molecule has 0 bridgehead atoms. The van der Waals surface area contributed by atoms with Gasteiger partial charge in [-0.1, -0.05) is 30.3 Å². The van der Waals surface area contributed by atoms with Crippen molar-refractivity contribution in [3.05, 3.63) is 65.9 Å². The van der Waals surface area contributed by atoms with Crippen molar-refractivity contribution < 1.29 is 10.2 Å². The van der Waals surface area contributed by atoms with Crippen molar-refractivity contribution in [1.29, 1.82) is 0 Å². The summed E-state index contributed by atoms with van der Waals surface area (Å²) in [6.45, 7) is 0. The molecule has 1 atom stereocenters. The Morgan fingerprint density at radius 2 is 1.91 bits per heavy atom.